The van der Waals surface area contributed by atoms with Gasteiger partial charge in [-0.1, -0.05) is 18.2 Å². The molecule has 3 rings (SSSR count). The summed E-state index contributed by atoms with van der Waals surface area (Å²) in [6.07, 6.45) is 4.74. The third kappa shape index (κ3) is 2.20. The molecule has 4 nitrogen and oxygen atoms in total. The second-order valence-corrected chi connectivity index (χ2v) is 5.57. The lowest BCUT2D eigenvalue weighted by Crippen LogP contribution is -2.51. The molecular formula is C16H20N2O2. The van der Waals surface area contributed by atoms with E-state index in [2.05, 4.69) is 0 Å². The fraction of sp³-hybridized carbons (Fsp3) is 0.438. The number of carbonyl (C=O) groups excluding carboxylic acids is 1. The van der Waals surface area contributed by atoms with E-state index in [9.17, 15) is 4.79 Å². The highest BCUT2D eigenvalue weighted by molar-refractivity contribution is 6.06. The minimum Gasteiger partial charge on any atom is -0.463 e. The van der Waals surface area contributed by atoms with Gasteiger partial charge in [0.25, 0.3) is 5.91 Å². The van der Waals surface area contributed by atoms with Gasteiger partial charge in [0.2, 0.25) is 0 Å². The summed E-state index contributed by atoms with van der Waals surface area (Å²) >= 11 is 0. The maximum atomic E-state index is 12.8. The number of nitrogens with zero attached hydrogens (tertiary/aromatic N) is 1. The molecule has 1 saturated heterocycles. The number of hydrogen-bond acceptors (Lipinski definition) is 3. The third-order valence-corrected chi connectivity index (χ3v) is 4.13. The Labute approximate surface area is 118 Å². The van der Waals surface area contributed by atoms with E-state index in [-0.39, 0.29) is 18.0 Å². The first kappa shape index (κ1) is 13.2. The van der Waals surface area contributed by atoms with Crippen molar-refractivity contribution in [1.29, 1.82) is 0 Å². The number of benzene rings is 1. The summed E-state index contributed by atoms with van der Waals surface area (Å²) in [5, 5.41) is 0.881. The van der Waals surface area contributed by atoms with Crippen LogP contribution < -0.4 is 5.73 Å². The van der Waals surface area contributed by atoms with Crippen LogP contribution in [0.25, 0.3) is 11.0 Å². The lowest BCUT2D eigenvalue weighted by atomic mass is 9.96. The minimum absolute atomic E-state index is 0.00239. The predicted octanol–water partition coefficient (Wildman–Crippen LogP) is 2.77. The Bertz CT molecular complexity index is 618. The van der Waals surface area contributed by atoms with Crippen molar-refractivity contribution < 1.29 is 9.21 Å². The number of rotatable bonds is 2. The first-order valence-corrected chi connectivity index (χ1v) is 7.21. The molecule has 2 aromatic rings. The van der Waals surface area contributed by atoms with E-state index in [1.54, 1.807) is 6.26 Å². The van der Waals surface area contributed by atoms with Crippen LogP contribution in [0.4, 0.5) is 0 Å². The van der Waals surface area contributed by atoms with Gasteiger partial charge in [0.15, 0.2) is 0 Å². The molecule has 2 N–H and O–H groups in total. The minimum atomic E-state index is -0.00239. The van der Waals surface area contributed by atoms with E-state index >= 15 is 0 Å². The van der Waals surface area contributed by atoms with Crippen molar-refractivity contribution in [3.05, 3.63) is 36.1 Å². The molecule has 0 radical (unpaired) electrons. The van der Waals surface area contributed by atoms with Gasteiger partial charge in [-0.15, -0.1) is 0 Å². The van der Waals surface area contributed by atoms with Gasteiger partial charge < -0.3 is 15.1 Å². The van der Waals surface area contributed by atoms with Crippen molar-refractivity contribution in [3.63, 3.8) is 0 Å². The van der Waals surface area contributed by atoms with Crippen LogP contribution in [0.5, 0.6) is 0 Å². The molecule has 2 heterocycles. The Morgan fingerprint density at radius 2 is 2.20 bits per heavy atom. The molecule has 20 heavy (non-hydrogen) atoms. The first-order chi connectivity index (χ1) is 9.68. The largest absolute Gasteiger partial charge is 0.463 e. The highest BCUT2D eigenvalue weighted by Gasteiger charge is 2.31. The first-order valence-electron chi connectivity index (χ1n) is 7.21. The van der Waals surface area contributed by atoms with E-state index in [1.165, 1.54) is 0 Å². The third-order valence-electron chi connectivity index (χ3n) is 4.13. The fourth-order valence-electron chi connectivity index (χ4n) is 3.05. The van der Waals surface area contributed by atoms with Crippen molar-refractivity contribution in [3.8, 4) is 0 Å². The molecule has 1 aliphatic rings. The van der Waals surface area contributed by atoms with Gasteiger partial charge in [-0.2, -0.15) is 0 Å². The second-order valence-electron chi connectivity index (χ2n) is 5.57. The summed E-state index contributed by atoms with van der Waals surface area (Å²) in [4.78, 5) is 14.7. The van der Waals surface area contributed by atoms with E-state index in [0.29, 0.717) is 5.56 Å². The number of fused-ring (bicyclic) bond motifs is 1. The zero-order valence-corrected chi connectivity index (χ0v) is 11.7. The predicted molar refractivity (Wildman–Crippen MR) is 78.5 cm³/mol. The Morgan fingerprint density at radius 1 is 1.40 bits per heavy atom. The van der Waals surface area contributed by atoms with E-state index < -0.39 is 0 Å². The molecule has 0 aliphatic carbocycles. The van der Waals surface area contributed by atoms with Crippen LogP contribution in [0.3, 0.4) is 0 Å². The zero-order valence-electron chi connectivity index (χ0n) is 11.7. The van der Waals surface area contributed by atoms with Gasteiger partial charge in [0, 0.05) is 24.0 Å². The molecule has 106 valence electrons. The monoisotopic (exact) mass is 272 g/mol. The van der Waals surface area contributed by atoms with Crippen LogP contribution in [0.1, 0.15) is 36.5 Å². The maximum absolute atomic E-state index is 12.8. The van der Waals surface area contributed by atoms with Gasteiger partial charge >= 0.3 is 0 Å². The summed E-state index contributed by atoms with van der Waals surface area (Å²) in [6, 6.07) is 7.77. The Hall–Kier alpha value is -1.81. The highest BCUT2D eigenvalue weighted by atomic mass is 16.3. The summed E-state index contributed by atoms with van der Waals surface area (Å²) in [6.45, 7) is 2.76. The quantitative estimate of drug-likeness (QED) is 0.914. The number of likely N-dealkylation sites (tertiary alicyclic amines) is 1. The van der Waals surface area contributed by atoms with Crippen LogP contribution in [0.2, 0.25) is 0 Å². The van der Waals surface area contributed by atoms with Crippen LogP contribution >= 0.6 is 0 Å². The highest BCUT2D eigenvalue weighted by Crippen LogP contribution is 2.26. The molecule has 1 amide bonds. The average Bonchev–Trinajstić information content (AvgIpc) is 2.90. The Kier molecular flexibility index (Phi) is 3.49. The number of para-hydroxylation sites is 1. The standard InChI is InChI=1S/C16H20N2O2/c1-11(17)14-7-4-5-9-18(14)16(19)13-10-20-15-8-3-2-6-12(13)15/h2-3,6,8,10-11,14H,4-5,7,9,17H2,1H3. The lowest BCUT2D eigenvalue weighted by molar-refractivity contribution is 0.0585. The van der Waals surface area contributed by atoms with Gasteiger partial charge in [0.1, 0.15) is 11.8 Å². The Balaban J connectivity index is 1.94. The molecule has 1 aromatic heterocycles. The zero-order chi connectivity index (χ0) is 14.1. The summed E-state index contributed by atoms with van der Waals surface area (Å²) in [5.41, 5.74) is 7.45. The fourth-order valence-corrected chi connectivity index (χ4v) is 3.05. The topological polar surface area (TPSA) is 59.5 Å². The number of carbonyl (C=O) groups is 1. The average molecular weight is 272 g/mol. The van der Waals surface area contributed by atoms with Gasteiger partial charge in [0.05, 0.1) is 5.56 Å². The molecule has 1 aromatic carbocycles. The van der Waals surface area contributed by atoms with E-state index in [0.717, 1.165) is 36.8 Å². The lowest BCUT2D eigenvalue weighted by Gasteiger charge is -2.37. The molecule has 1 aliphatic heterocycles. The molecule has 2 atom stereocenters. The molecule has 0 saturated carbocycles. The molecule has 2 unspecified atom stereocenters. The normalized spacial score (nSPS) is 21.1. The smallest absolute Gasteiger partial charge is 0.258 e. The molecule has 0 spiro atoms. The van der Waals surface area contributed by atoms with Crippen molar-refractivity contribution in [2.75, 3.05) is 6.54 Å². The van der Waals surface area contributed by atoms with Gasteiger partial charge in [-0.25, -0.2) is 0 Å². The number of nitrogens with two attached hydrogens (primary N) is 1. The van der Waals surface area contributed by atoms with Crippen molar-refractivity contribution in [2.24, 2.45) is 5.73 Å². The Morgan fingerprint density at radius 3 is 3.00 bits per heavy atom. The van der Waals surface area contributed by atoms with Crippen LogP contribution in [0.15, 0.2) is 34.9 Å². The maximum Gasteiger partial charge on any atom is 0.258 e. The number of furan rings is 1. The number of amides is 1. The van der Waals surface area contributed by atoms with E-state index in [1.807, 2.05) is 36.1 Å². The molecule has 1 fully saturated rings. The SMILES string of the molecule is CC(N)C1CCCCN1C(=O)c1coc2ccccc12. The summed E-state index contributed by atoms with van der Waals surface area (Å²) < 4.78 is 5.48. The van der Waals surface area contributed by atoms with Crippen LogP contribution in [-0.2, 0) is 0 Å². The molecular weight excluding hydrogens is 252 g/mol. The molecule has 0 bridgehead atoms. The van der Waals surface area contributed by atoms with Crippen molar-refractivity contribution in [2.45, 2.75) is 38.3 Å². The van der Waals surface area contributed by atoms with Crippen molar-refractivity contribution in [1.82, 2.24) is 4.90 Å². The second kappa shape index (κ2) is 5.29. The summed E-state index contributed by atoms with van der Waals surface area (Å²) in [5.74, 6) is 0.0388. The van der Waals surface area contributed by atoms with E-state index in [4.69, 9.17) is 10.2 Å². The van der Waals surface area contributed by atoms with Crippen molar-refractivity contribution >= 4 is 16.9 Å². The van der Waals surface area contributed by atoms with Crippen LogP contribution in [0, 0.1) is 0 Å². The number of hydrogen-bond donors (Lipinski definition) is 1. The number of piperidine rings is 1. The van der Waals surface area contributed by atoms with Gasteiger partial charge in [-0.05, 0) is 32.3 Å². The molecule has 4 heteroatoms. The van der Waals surface area contributed by atoms with Crippen LogP contribution in [-0.4, -0.2) is 29.4 Å². The summed E-state index contributed by atoms with van der Waals surface area (Å²) in [7, 11) is 0. The van der Waals surface area contributed by atoms with Gasteiger partial charge in [-0.3, -0.25) is 4.79 Å².